The van der Waals surface area contributed by atoms with E-state index in [4.69, 9.17) is 10.5 Å². The van der Waals surface area contributed by atoms with Crippen LogP contribution in [0.1, 0.15) is 10.4 Å². The minimum atomic E-state index is -0.303. The number of carbonyl (C=O) groups is 1. The second-order valence-electron chi connectivity index (χ2n) is 5.92. The highest BCUT2D eigenvalue weighted by Crippen LogP contribution is 2.22. The van der Waals surface area contributed by atoms with E-state index >= 15 is 0 Å². The van der Waals surface area contributed by atoms with Gasteiger partial charge in [0.1, 0.15) is 12.0 Å². The van der Waals surface area contributed by atoms with E-state index < -0.39 is 0 Å². The summed E-state index contributed by atoms with van der Waals surface area (Å²) in [6.07, 6.45) is 1.39. The van der Waals surface area contributed by atoms with Gasteiger partial charge in [-0.1, -0.05) is 12.1 Å². The number of benzene rings is 1. The van der Waals surface area contributed by atoms with Crippen LogP contribution in [0.2, 0.25) is 0 Å². The molecule has 0 aliphatic carbocycles. The van der Waals surface area contributed by atoms with E-state index in [-0.39, 0.29) is 5.91 Å². The first-order valence-electron chi connectivity index (χ1n) is 8.60. The van der Waals surface area contributed by atoms with Crippen LogP contribution < -0.4 is 21.9 Å². The largest absolute Gasteiger partial charge is 0.393 e. The minimum Gasteiger partial charge on any atom is -0.393 e. The Morgan fingerprint density at radius 3 is 2.74 bits per heavy atom. The molecule has 1 fully saturated rings. The normalized spacial score (nSPS) is 14.6. The third kappa shape index (κ3) is 5.28. The number of nitrogens with two attached hydrogens (primary N) is 1. The van der Waals surface area contributed by atoms with Crippen LogP contribution >= 0.6 is 15.9 Å². The average Bonchev–Trinajstić information content (AvgIpc) is 2.69. The van der Waals surface area contributed by atoms with Crippen molar-refractivity contribution in [1.82, 2.24) is 20.3 Å². The summed E-state index contributed by atoms with van der Waals surface area (Å²) in [5.41, 5.74) is 12.3. The van der Waals surface area contributed by atoms with Gasteiger partial charge in [-0.3, -0.25) is 20.5 Å². The van der Waals surface area contributed by atoms with E-state index in [1.165, 1.54) is 6.33 Å². The molecule has 5 N–H and O–H groups in total. The first-order valence-corrected chi connectivity index (χ1v) is 9.40. The van der Waals surface area contributed by atoms with Gasteiger partial charge < -0.3 is 15.8 Å². The molecule has 0 atom stereocenters. The standard InChI is InChI=1S/C17H22BrN7O2/c18-13-4-2-1-3-12(13)17(26)24-23-16-14(19)15(21-11-22-16)20-5-6-25-7-9-27-10-8-25/h1-4,11H,5-10,19H2,(H,24,26)(H2,20,21,22,23). The number of amides is 1. The fourth-order valence-corrected chi connectivity index (χ4v) is 3.09. The predicted molar refractivity (Wildman–Crippen MR) is 107 cm³/mol. The first kappa shape index (κ1) is 19.3. The maximum absolute atomic E-state index is 12.3. The number of hydrogen-bond acceptors (Lipinski definition) is 8. The Morgan fingerprint density at radius 1 is 1.22 bits per heavy atom. The molecule has 0 unspecified atom stereocenters. The number of nitrogen functional groups attached to an aromatic ring is 1. The summed E-state index contributed by atoms with van der Waals surface area (Å²) in [5.74, 6) is 0.553. The van der Waals surface area contributed by atoms with Gasteiger partial charge in [-0.15, -0.1) is 0 Å². The predicted octanol–water partition coefficient (Wildman–Crippen LogP) is 1.32. The number of anilines is 3. The molecule has 0 radical (unpaired) electrons. The molecule has 0 bridgehead atoms. The van der Waals surface area contributed by atoms with Gasteiger partial charge in [0.25, 0.3) is 5.91 Å². The van der Waals surface area contributed by atoms with E-state index in [0.29, 0.717) is 33.9 Å². The average molecular weight is 436 g/mol. The molecule has 1 amide bonds. The van der Waals surface area contributed by atoms with Gasteiger partial charge >= 0.3 is 0 Å². The highest BCUT2D eigenvalue weighted by molar-refractivity contribution is 9.10. The molecule has 3 rings (SSSR count). The molecule has 1 aliphatic rings. The number of ether oxygens (including phenoxy) is 1. The van der Waals surface area contributed by atoms with Crippen LogP contribution in [0.5, 0.6) is 0 Å². The summed E-state index contributed by atoms with van der Waals surface area (Å²) < 4.78 is 6.04. The maximum Gasteiger partial charge on any atom is 0.270 e. The number of morpholine rings is 1. The van der Waals surface area contributed by atoms with Gasteiger partial charge in [0, 0.05) is 30.7 Å². The van der Waals surface area contributed by atoms with Crippen LogP contribution in [-0.2, 0) is 4.74 Å². The second kappa shape index (κ2) is 9.49. The Labute approximate surface area is 165 Å². The Kier molecular flexibility index (Phi) is 6.80. The van der Waals surface area contributed by atoms with Crippen molar-refractivity contribution in [1.29, 1.82) is 0 Å². The fourth-order valence-electron chi connectivity index (χ4n) is 2.62. The summed E-state index contributed by atoms with van der Waals surface area (Å²) in [7, 11) is 0. The lowest BCUT2D eigenvalue weighted by atomic mass is 10.2. The van der Waals surface area contributed by atoms with Crippen molar-refractivity contribution >= 4 is 39.2 Å². The SMILES string of the molecule is Nc1c(NCCN2CCOCC2)ncnc1NNC(=O)c1ccccc1Br. The summed E-state index contributed by atoms with van der Waals surface area (Å²) >= 11 is 3.35. The van der Waals surface area contributed by atoms with Gasteiger partial charge in [-0.25, -0.2) is 9.97 Å². The van der Waals surface area contributed by atoms with Gasteiger partial charge in [-0.2, -0.15) is 0 Å². The van der Waals surface area contributed by atoms with Gasteiger partial charge in [0.15, 0.2) is 11.6 Å². The molecule has 2 aromatic rings. The minimum absolute atomic E-state index is 0.303. The number of nitrogens with zero attached hydrogens (tertiary/aromatic N) is 3. The van der Waals surface area contributed by atoms with Crippen molar-refractivity contribution < 1.29 is 9.53 Å². The lowest BCUT2D eigenvalue weighted by molar-refractivity contribution is 0.0398. The molecule has 1 aromatic heterocycles. The van der Waals surface area contributed by atoms with Crippen LogP contribution in [0, 0.1) is 0 Å². The third-order valence-corrected chi connectivity index (χ3v) is 4.81. The van der Waals surface area contributed by atoms with Gasteiger partial charge in [0.2, 0.25) is 0 Å². The van der Waals surface area contributed by atoms with Crippen LogP contribution in [0.3, 0.4) is 0 Å². The van der Waals surface area contributed by atoms with Crippen molar-refractivity contribution in [3.8, 4) is 0 Å². The monoisotopic (exact) mass is 435 g/mol. The van der Waals surface area contributed by atoms with Crippen LogP contribution in [0.4, 0.5) is 17.3 Å². The van der Waals surface area contributed by atoms with Crippen LogP contribution in [-0.4, -0.2) is 60.2 Å². The molecule has 1 aliphatic heterocycles. The van der Waals surface area contributed by atoms with Crippen molar-refractivity contribution in [2.24, 2.45) is 0 Å². The Morgan fingerprint density at radius 2 is 1.96 bits per heavy atom. The molecule has 1 aromatic carbocycles. The number of halogens is 1. The van der Waals surface area contributed by atoms with E-state index in [1.807, 2.05) is 6.07 Å². The van der Waals surface area contributed by atoms with Gasteiger partial charge in [0.05, 0.1) is 18.8 Å². The molecule has 2 heterocycles. The zero-order valence-corrected chi connectivity index (χ0v) is 16.3. The molecule has 9 nitrogen and oxygen atoms in total. The van der Waals surface area contributed by atoms with Gasteiger partial charge in [-0.05, 0) is 28.1 Å². The molecule has 27 heavy (non-hydrogen) atoms. The Bertz CT molecular complexity index is 784. The third-order valence-electron chi connectivity index (χ3n) is 4.12. The maximum atomic E-state index is 12.3. The molecular weight excluding hydrogens is 414 g/mol. The quantitative estimate of drug-likeness (QED) is 0.481. The van der Waals surface area contributed by atoms with Crippen molar-refractivity contribution in [3.05, 3.63) is 40.6 Å². The van der Waals surface area contributed by atoms with Crippen molar-refractivity contribution in [2.75, 3.05) is 55.9 Å². The molecule has 0 spiro atoms. The summed E-state index contributed by atoms with van der Waals surface area (Å²) in [4.78, 5) is 22.8. The Hall–Kier alpha value is -2.43. The van der Waals surface area contributed by atoms with Crippen molar-refractivity contribution in [3.63, 3.8) is 0 Å². The summed E-state index contributed by atoms with van der Waals surface area (Å²) in [5, 5.41) is 3.21. The van der Waals surface area contributed by atoms with Crippen molar-refractivity contribution in [2.45, 2.75) is 0 Å². The Balaban J connectivity index is 1.54. The number of carbonyl (C=O) groups excluding carboxylic acids is 1. The number of nitrogens with one attached hydrogen (secondary N) is 3. The van der Waals surface area contributed by atoms with Crippen LogP contribution in [0.25, 0.3) is 0 Å². The first-order chi connectivity index (χ1) is 13.1. The second-order valence-corrected chi connectivity index (χ2v) is 6.78. The van der Waals surface area contributed by atoms with E-state index in [9.17, 15) is 4.79 Å². The lowest BCUT2D eigenvalue weighted by Gasteiger charge is -2.26. The number of hydrazine groups is 1. The number of aromatic nitrogens is 2. The lowest BCUT2D eigenvalue weighted by Crippen LogP contribution is -2.39. The molecule has 1 saturated heterocycles. The zero-order chi connectivity index (χ0) is 19.1. The molecule has 10 heteroatoms. The van der Waals surface area contributed by atoms with Crippen LogP contribution in [0.15, 0.2) is 35.1 Å². The topological polar surface area (TPSA) is 117 Å². The highest BCUT2D eigenvalue weighted by Gasteiger charge is 2.13. The fraction of sp³-hybridized carbons (Fsp3) is 0.353. The van der Waals surface area contributed by atoms with E-state index in [0.717, 1.165) is 32.8 Å². The molecule has 144 valence electrons. The molecule has 0 saturated carbocycles. The summed E-state index contributed by atoms with van der Waals surface area (Å²) in [6, 6.07) is 7.13. The summed E-state index contributed by atoms with van der Waals surface area (Å²) in [6.45, 7) is 4.95. The number of hydrogen-bond donors (Lipinski definition) is 4. The van der Waals surface area contributed by atoms with E-state index in [2.05, 4.69) is 47.0 Å². The zero-order valence-electron chi connectivity index (χ0n) is 14.7. The number of rotatable bonds is 7. The molecular formula is C17H22BrN7O2. The smallest absolute Gasteiger partial charge is 0.270 e. The highest BCUT2D eigenvalue weighted by atomic mass is 79.9. The van der Waals surface area contributed by atoms with E-state index in [1.54, 1.807) is 18.2 Å².